The molecule has 0 fully saturated rings. The lowest BCUT2D eigenvalue weighted by Crippen LogP contribution is -2.20. The number of hydrogen-bond donors (Lipinski definition) is 3. The Hall–Kier alpha value is -4.13. The van der Waals surface area contributed by atoms with E-state index in [0.717, 1.165) is 36.4 Å². The number of nitrogens with zero attached hydrogens (tertiary/aromatic N) is 1. The molecule has 0 aliphatic heterocycles. The molecule has 0 aliphatic rings. The van der Waals surface area contributed by atoms with Crippen LogP contribution in [0.2, 0.25) is 0 Å². The average Bonchev–Trinajstić information content (AvgIpc) is 2.73. The number of halogens is 3. The normalized spacial score (nSPS) is 11.5. The van der Waals surface area contributed by atoms with Crippen molar-refractivity contribution in [2.75, 3.05) is 15.4 Å². The second-order valence-corrected chi connectivity index (χ2v) is 8.24. The molecule has 3 N–H and O–H groups in total. The number of para-hydroxylation sites is 1. The van der Waals surface area contributed by atoms with Gasteiger partial charge in [0.05, 0.1) is 21.1 Å². The van der Waals surface area contributed by atoms with Crippen LogP contribution in [0.1, 0.15) is 5.56 Å². The number of anilines is 3. The summed E-state index contributed by atoms with van der Waals surface area (Å²) in [5.74, 6) is 0. The number of alkyl halides is 3. The van der Waals surface area contributed by atoms with E-state index in [1.54, 1.807) is 0 Å². The predicted molar refractivity (Wildman–Crippen MR) is 114 cm³/mol. The molecule has 9 nitrogen and oxygen atoms in total. The molecular weight excluding hydrogens is 465 g/mol. The van der Waals surface area contributed by atoms with E-state index in [1.807, 2.05) is 4.72 Å². The first-order valence-corrected chi connectivity index (χ1v) is 10.6. The highest BCUT2D eigenvalue weighted by atomic mass is 32.2. The number of hydrogen-bond acceptors (Lipinski definition) is 5. The molecule has 0 saturated heterocycles. The van der Waals surface area contributed by atoms with Crippen LogP contribution in [-0.2, 0) is 16.2 Å². The van der Waals surface area contributed by atoms with Crippen LogP contribution in [0.25, 0.3) is 0 Å². The molecule has 0 heterocycles. The smallest absolute Gasteiger partial charge is 0.308 e. The molecule has 13 heteroatoms. The summed E-state index contributed by atoms with van der Waals surface area (Å²) in [6.45, 7) is 0. The van der Waals surface area contributed by atoms with Crippen LogP contribution in [-0.4, -0.2) is 19.4 Å². The zero-order valence-corrected chi connectivity index (χ0v) is 17.3. The average molecular weight is 480 g/mol. The van der Waals surface area contributed by atoms with Crippen LogP contribution < -0.4 is 15.4 Å². The fourth-order valence-electron chi connectivity index (χ4n) is 2.73. The third-order valence-electron chi connectivity index (χ3n) is 4.21. The maximum absolute atomic E-state index is 13.1. The van der Waals surface area contributed by atoms with Crippen LogP contribution >= 0.6 is 0 Å². The van der Waals surface area contributed by atoms with Crippen molar-refractivity contribution in [2.45, 2.75) is 11.1 Å². The van der Waals surface area contributed by atoms with Gasteiger partial charge in [-0.25, -0.2) is 13.2 Å². The summed E-state index contributed by atoms with van der Waals surface area (Å²) in [5, 5.41) is 15.6. The molecule has 0 unspecified atom stereocenters. The van der Waals surface area contributed by atoms with Gasteiger partial charge in [0.2, 0.25) is 0 Å². The van der Waals surface area contributed by atoms with Crippen LogP contribution in [0.5, 0.6) is 0 Å². The van der Waals surface area contributed by atoms with Gasteiger partial charge in [-0.2, -0.15) is 13.2 Å². The highest BCUT2D eigenvalue weighted by Crippen LogP contribution is 2.35. The molecule has 0 radical (unpaired) electrons. The number of nitro benzene ring substituents is 1. The van der Waals surface area contributed by atoms with Gasteiger partial charge in [0.1, 0.15) is 0 Å². The van der Waals surface area contributed by atoms with Crippen molar-refractivity contribution in [2.24, 2.45) is 0 Å². The van der Waals surface area contributed by atoms with Gasteiger partial charge in [-0.3, -0.25) is 14.8 Å². The molecule has 33 heavy (non-hydrogen) atoms. The summed E-state index contributed by atoms with van der Waals surface area (Å²) in [6.07, 6.45) is -4.75. The van der Waals surface area contributed by atoms with E-state index < -0.39 is 38.4 Å². The first-order chi connectivity index (χ1) is 15.5. The monoisotopic (exact) mass is 480 g/mol. The van der Waals surface area contributed by atoms with Crippen molar-refractivity contribution in [3.05, 3.63) is 88.5 Å². The third-order valence-corrected chi connectivity index (χ3v) is 5.60. The van der Waals surface area contributed by atoms with Gasteiger partial charge >= 0.3 is 12.2 Å². The molecule has 3 rings (SSSR count). The van der Waals surface area contributed by atoms with E-state index in [1.165, 1.54) is 36.4 Å². The molecule has 3 aromatic carbocycles. The Bertz CT molecular complexity index is 1300. The van der Waals surface area contributed by atoms with Gasteiger partial charge in [0.15, 0.2) is 0 Å². The Morgan fingerprint density at radius 2 is 1.52 bits per heavy atom. The number of carbonyl (C=O) groups is 1. The van der Waals surface area contributed by atoms with Crippen molar-refractivity contribution in [1.82, 2.24) is 0 Å². The van der Waals surface area contributed by atoms with Crippen LogP contribution in [0.3, 0.4) is 0 Å². The Morgan fingerprint density at radius 1 is 0.879 bits per heavy atom. The Labute approximate surface area is 185 Å². The molecule has 0 saturated carbocycles. The van der Waals surface area contributed by atoms with Gasteiger partial charge in [0.25, 0.3) is 15.7 Å². The number of nitro groups is 1. The molecule has 3 aromatic rings. The number of urea groups is 1. The molecule has 0 aromatic heterocycles. The Kier molecular flexibility index (Phi) is 6.53. The quantitative estimate of drug-likeness (QED) is 0.335. The molecule has 0 atom stereocenters. The lowest BCUT2D eigenvalue weighted by molar-refractivity contribution is -0.384. The minimum absolute atomic E-state index is 0.161. The summed E-state index contributed by atoms with van der Waals surface area (Å²) >= 11 is 0. The van der Waals surface area contributed by atoms with Crippen molar-refractivity contribution in [3.63, 3.8) is 0 Å². The number of sulfonamides is 1. The standard InChI is InChI=1S/C20H15F3N4O5S/c21-20(22,23)17-6-1-2-7-18(17)26-33(31,32)16-10-8-13(9-11-16)24-19(28)25-14-4-3-5-15(12-14)27(29)30/h1-12,26H,(H2,24,25,28). The van der Waals surface area contributed by atoms with E-state index in [-0.39, 0.29) is 22.0 Å². The van der Waals surface area contributed by atoms with E-state index in [0.29, 0.717) is 0 Å². The topological polar surface area (TPSA) is 130 Å². The van der Waals surface area contributed by atoms with E-state index in [2.05, 4.69) is 10.6 Å². The zero-order valence-electron chi connectivity index (χ0n) is 16.5. The largest absolute Gasteiger partial charge is 0.418 e. The third kappa shape index (κ3) is 5.98. The zero-order chi connectivity index (χ0) is 24.2. The van der Waals surface area contributed by atoms with Gasteiger partial charge in [-0.1, -0.05) is 18.2 Å². The number of nitrogens with one attached hydrogen (secondary N) is 3. The van der Waals surface area contributed by atoms with E-state index >= 15 is 0 Å². The molecule has 2 amide bonds. The lowest BCUT2D eigenvalue weighted by atomic mass is 10.2. The molecule has 0 aliphatic carbocycles. The highest BCUT2D eigenvalue weighted by molar-refractivity contribution is 7.92. The van der Waals surface area contributed by atoms with Gasteiger partial charge in [-0.05, 0) is 42.5 Å². The van der Waals surface area contributed by atoms with Gasteiger partial charge in [-0.15, -0.1) is 0 Å². The van der Waals surface area contributed by atoms with Crippen molar-refractivity contribution >= 4 is 38.8 Å². The highest BCUT2D eigenvalue weighted by Gasteiger charge is 2.34. The summed E-state index contributed by atoms with van der Waals surface area (Å²) in [5.41, 5.74) is -1.64. The predicted octanol–water partition coefficient (Wildman–Crippen LogP) is 5.06. The summed E-state index contributed by atoms with van der Waals surface area (Å²) in [7, 11) is -4.34. The molecule has 0 spiro atoms. The second-order valence-electron chi connectivity index (χ2n) is 6.56. The number of non-ortho nitro benzene ring substituents is 1. The van der Waals surface area contributed by atoms with Crippen LogP contribution in [0.15, 0.2) is 77.7 Å². The van der Waals surface area contributed by atoms with Crippen molar-refractivity contribution in [3.8, 4) is 0 Å². The van der Waals surface area contributed by atoms with Crippen LogP contribution in [0, 0.1) is 10.1 Å². The number of carbonyl (C=O) groups excluding carboxylic acids is 1. The van der Waals surface area contributed by atoms with Gasteiger partial charge < -0.3 is 10.6 Å². The SMILES string of the molecule is O=C(Nc1ccc(S(=O)(=O)Nc2ccccc2C(F)(F)F)cc1)Nc1cccc([N+](=O)[O-])c1. The molecule has 0 bridgehead atoms. The maximum atomic E-state index is 13.1. The Balaban J connectivity index is 1.70. The molecule has 172 valence electrons. The summed E-state index contributed by atoms with van der Waals surface area (Å²) in [6, 6.07) is 13.3. The fraction of sp³-hybridized carbons (Fsp3) is 0.0500. The minimum atomic E-state index is -4.75. The van der Waals surface area contributed by atoms with Crippen molar-refractivity contribution < 1.29 is 31.3 Å². The summed E-state index contributed by atoms with van der Waals surface area (Å²) in [4.78, 5) is 21.9. The summed E-state index contributed by atoms with van der Waals surface area (Å²) < 4.78 is 66.2. The number of benzene rings is 3. The van der Waals surface area contributed by atoms with Crippen LogP contribution in [0.4, 0.5) is 40.7 Å². The lowest BCUT2D eigenvalue weighted by Gasteiger charge is -2.15. The Morgan fingerprint density at radius 3 is 2.15 bits per heavy atom. The first kappa shape index (κ1) is 23.5. The second kappa shape index (κ2) is 9.16. The number of rotatable bonds is 6. The van der Waals surface area contributed by atoms with Crippen molar-refractivity contribution in [1.29, 1.82) is 0 Å². The minimum Gasteiger partial charge on any atom is -0.308 e. The van der Waals surface area contributed by atoms with E-state index in [4.69, 9.17) is 0 Å². The maximum Gasteiger partial charge on any atom is 0.418 e. The fourth-order valence-corrected chi connectivity index (χ4v) is 3.81. The van der Waals surface area contributed by atoms with E-state index in [9.17, 15) is 36.5 Å². The molecular formula is C20H15F3N4O5S. The number of amides is 2. The first-order valence-electron chi connectivity index (χ1n) is 9.07. The van der Waals surface area contributed by atoms with Gasteiger partial charge in [0, 0.05) is 23.5 Å².